The van der Waals surface area contributed by atoms with Crippen molar-refractivity contribution in [2.24, 2.45) is 0 Å². The second-order valence-electron chi connectivity index (χ2n) is 3.97. The second-order valence-corrected chi connectivity index (χ2v) is 4.88. The minimum Gasteiger partial charge on any atom is -0.365 e. The van der Waals surface area contributed by atoms with Gasteiger partial charge in [0.15, 0.2) is 6.29 Å². The smallest absolute Gasteiger partial charge is 0.241 e. The Morgan fingerprint density at radius 2 is 2.00 bits per heavy atom. The van der Waals surface area contributed by atoms with Gasteiger partial charge < -0.3 is 9.80 Å². The number of likely N-dealkylation sites (N-methyl/N-ethyl adjacent to an activating group) is 2. The second kappa shape index (κ2) is 5.82. The molecule has 0 saturated heterocycles. The van der Waals surface area contributed by atoms with Crippen molar-refractivity contribution < 1.29 is 9.59 Å². The van der Waals surface area contributed by atoms with Crippen LogP contribution in [0.25, 0.3) is 0 Å². The molecule has 0 aliphatic carbocycles. The van der Waals surface area contributed by atoms with Gasteiger partial charge in [-0.3, -0.25) is 9.59 Å². The molecule has 92 valence electrons. The zero-order valence-corrected chi connectivity index (χ0v) is 11.7. The van der Waals surface area contributed by atoms with Crippen LogP contribution in [-0.4, -0.2) is 44.8 Å². The largest absolute Gasteiger partial charge is 0.365 e. The first kappa shape index (κ1) is 13.7. The third-order valence-corrected chi connectivity index (χ3v) is 2.90. The standard InChI is InChI=1S/C12H15BrN2O2/c1-14(2)12(17)7-15(3)11-6-10(13)5-4-9(11)8-16/h4-6,8H,7H2,1-3H3. The summed E-state index contributed by atoms with van der Waals surface area (Å²) in [5.74, 6) is -0.00988. The average Bonchev–Trinajstić information content (AvgIpc) is 2.28. The summed E-state index contributed by atoms with van der Waals surface area (Å²) in [7, 11) is 5.20. The first-order valence-electron chi connectivity index (χ1n) is 5.11. The van der Waals surface area contributed by atoms with Crippen molar-refractivity contribution >= 4 is 33.8 Å². The molecule has 5 heteroatoms. The van der Waals surface area contributed by atoms with Crippen molar-refractivity contribution in [2.45, 2.75) is 0 Å². The summed E-state index contributed by atoms with van der Waals surface area (Å²) in [6, 6.07) is 5.35. The fourth-order valence-corrected chi connectivity index (χ4v) is 1.73. The van der Waals surface area contributed by atoms with E-state index in [4.69, 9.17) is 0 Å². The summed E-state index contributed by atoms with van der Waals surface area (Å²) in [4.78, 5) is 25.8. The molecule has 0 heterocycles. The SMILES string of the molecule is CN(C)C(=O)CN(C)c1cc(Br)ccc1C=O. The van der Waals surface area contributed by atoms with Crippen molar-refractivity contribution in [3.8, 4) is 0 Å². The molecular formula is C12H15BrN2O2. The average molecular weight is 299 g/mol. The number of aldehydes is 1. The number of nitrogens with zero attached hydrogens (tertiary/aromatic N) is 2. The molecule has 0 unspecified atom stereocenters. The predicted molar refractivity (Wildman–Crippen MR) is 71.5 cm³/mol. The fourth-order valence-electron chi connectivity index (χ4n) is 1.38. The Kier molecular flexibility index (Phi) is 4.69. The predicted octanol–water partition coefficient (Wildman–Crippen LogP) is 1.79. The van der Waals surface area contributed by atoms with E-state index in [2.05, 4.69) is 15.9 Å². The minimum absolute atomic E-state index is 0.00988. The number of halogens is 1. The number of rotatable bonds is 4. The highest BCUT2D eigenvalue weighted by Gasteiger charge is 2.12. The minimum atomic E-state index is -0.00988. The Morgan fingerprint density at radius 1 is 1.35 bits per heavy atom. The van der Waals surface area contributed by atoms with Crippen molar-refractivity contribution in [1.82, 2.24) is 4.90 Å². The Balaban J connectivity index is 2.94. The molecule has 0 fully saturated rings. The van der Waals surface area contributed by atoms with E-state index in [1.807, 2.05) is 6.07 Å². The van der Waals surface area contributed by atoms with Gasteiger partial charge in [0.05, 0.1) is 6.54 Å². The number of amides is 1. The molecule has 1 aromatic rings. The van der Waals surface area contributed by atoms with E-state index in [1.165, 1.54) is 4.90 Å². The molecule has 0 aliphatic rings. The van der Waals surface area contributed by atoms with E-state index >= 15 is 0 Å². The third-order valence-electron chi connectivity index (χ3n) is 2.40. The lowest BCUT2D eigenvalue weighted by molar-refractivity contribution is -0.127. The molecule has 0 bridgehead atoms. The number of carbonyl (C=O) groups excluding carboxylic acids is 2. The molecule has 17 heavy (non-hydrogen) atoms. The van der Waals surface area contributed by atoms with Crippen LogP contribution >= 0.6 is 15.9 Å². The first-order chi connectivity index (χ1) is 7.95. The van der Waals surface area contributed by atoms with Crippen molar-refractivity contribution in [2.75, 3.05) is 32.6 Å². The van der Waals surface area contributed by atoms with Gasteiger partial charge in [-0.1, -0.05) is 15.9 Å². The Hall–Kier alpha value is -1.36. The summed E-state index contributed by atoms with van der Waals surface area (Å²) in [5.41, 5.74) is 1.31. The van der Waals surface area contributed by atoms with Crippen LogP contribution in [0.3, 0.4) is 0 Å². The molecule has 0 N–H and O–H groups in total. The van der Waals surface area contributed by atoms with E-state index < -0.39 is 0 Å². The lowest BCUT2D eigenvalue weighted by Crippen LogP contribution is -2.34. The normalized spacial score (nSPS) is 9.88. The summed E-state index contributed by atoms with van der Waals surface area (Å²) in [6.07, 6.45) is 0.790. The Morgan fingerprint density at radius 3 is 2.53 bits per heavy atom. The maximum absolute atomic E-state index is 11.6. The van der Waals surface area contributed by atoms with Gasteiger partial charge in [0, 0.05) is 36.9 Å². The van der Waals surface area contributed by atoms with Gasteiger partial charge in [0.2, 0.25) is 5.91 Å². The van der Waals surface area contributed by atoms with E-state index in [0.717, 1.165) is 16.4 Å². The van der Waals surface area contributed by atoms with Gasteiger partial charge in [-0.15, -0.1) is 0 Å². The van der Waals surface area contributed by atoms with Gasteiger partial charge in [-0.2, -0.15) is 0 Å². The molecule has 0 saturated carbocycles. The molecule has 0 aliphatic heterocycles. The maximum Gasteiger partial charge on any atom is 0.241 e. The van der Waals surface area contributed by atoms with E-state index in [0.29, 0.717) is 5.56 Å². The molecule has 0 atom stereocenters. The van der Waals surface area contributed by atoms with E-state index in [9.17, 15) is 9.59 Å². The summed E-state index contributed by atoms with van der Waals surface area (Å²) in [6.45, 7) is 0.240. The topological polar surface area (TPSA) is 40.6 Å². The van der Waals surface area contributed by atoms with Crippen molar-refractivity contribution in [3.05, 3.63) is 28.2 Å². The molecule has 4 nitrogen and oxygen atoms in total. The van der Waals surface area contributed by atoms with Crippen LogP contribution in [0, 0.1) is 0 Å². The first-order valence-corrected chi connectivity index (χ1v) is 5.91. The van der Waals surface area contributed by atoms with Crippen LogP contribution in [-0.2, 0) is 4.79 Å². The Bertz CT molecular complexity index is 433. The van der Waals surface area contributed by atoms with Crippen LogP contribution in [0.4, 0.5) is 5.69 Å². The Labute approximate surface area is 109 Å². The molecule has 0 aromatic heterocycles. The molecule has 1 rings (SSSR count). The highest BCUT2D eigenvalue weighted by molar-refractivity contribution is 9.10. The van der Waals surface area contributed by atoms with Crippen molar-refractivity contribution in [3.63, 3.8) is 0 Å². The quantitative estimate of drug-likeness (QED) is 0.796. The highest BCUT2D eigenvalue weighted by atomic mass is 79.9. The summed E-state index contributed by atoms with van der Waals surface area (Å²) >= 11 is 3.35. The number of carbonyl (C=O) groups is 2. The molecular weight excluding hydrogens is 284 g/mol. The highest BCUT2D eigenvalue weighted by Crippen LogP contribution is 2.23. The lowest BCUT2D eigenvalue weighted by Gasteiger charge is -2.22. The number of hydrogen-bond acceptors (Lipinski definition) is 3. The fraction of sp³-hybridized carbons (Fsp3) is 0.333. The lowest BCUT2D eigenvalue weighted by atomic mass is 10.2. The van der Waals surface area contributed by atoms with Gasteiger partial charge >= 0.3 is 0 Å². The molecule has 1 amide bonds. The van der Waals surface area contributed by atoms with Crippen LogP contribution in [0.5, 0.6) is 0 Å². The summed E-state index contributed by atoms with van der Waals surface area (Å²) in [5, 5.41) is 0. The van der Waals surface area contributed by atoms with Crippen molar-refractivity contribution in [1.29, 1.82) is 0 Å². The van der Waals surface area contributed by atoms with E-state index in [-0.39, 0.29) is 12.5 Å². The number of anilines is 1. The third kappa shape index (κ3) is 3.56. The molecule has 0 radical (unpaired) electrons. The van der Waals surface area contributed by atoms with Crippen LogP contribution < -0.4 is 4.90 Å². The van der Waals surface area contributed by atoms with E-state index in [1.54, 1.807) is 38.2 Å². The van der Waals surface area contributed by atoms with Gasteiger partial charge in [0.25, 0.3) is 0 Å². The number of benzene rings is 1. The van der Waals surface area contributed by atoms with Gasteiger partial charge in [-0.05, 0) is 18.2 Å². The maximum atomic E-state index is 11.6. The molecule has 0 spiro atoms. The van der Waals surface area contributed by atoms with Gasteiger partial charge in [-0.25, -0.2) is 0 Å². The zero-order chi connectivity index (χ0) is 13.0. The number of hydrogen-bond donors (Lipinski definition) is 0. The summed E-state index contributed by atoms with van der Waals surface area (Å²) < 4.78 is 0.877. The van der Waals surface area contributed by atoms with Gasteiger partial charge in [0.1, 0.15) is 0 Å². The van der Waals surface area contributed by atoms with Crippen LogP contribution in [0.2, 0.25) is 0 Å². The van der Waals surface area contributed by atoms with Crippen LogP contribution in [0.15, 0.2) is 22.7 Å². The zero-order valence-electron chi connectivity index (χ0n) is 10.1. The van der Waals surface area contributed by atoms with Crippen LogP contribution in [0.1, 0.15) is 10.4 Å². The monoisotopic (exact) mass is 298 g/mol. The molecule has 1 aromatic carbocycles.